The van der Waals surface area contributed by atoms with Gasteiger partial charge in [0.05, 0.1) is 13.2 Å². The van der Waals surface area contributed by atoms with Crippen LogP contribution < -0.4 is 10.1 Å². The summed E-state index contributed by atoms with van der Waals surface area (Å²) >= 11 is 0. The Morgan fingerprint density at radius 2 is 2.24 bits per heavy atom. The molecule has 0 aliphatic heterocycles. The van der Waals surface area contributed by atoms with Crippen LogP contribution in [0.1, 0.15) is 29.3 Å². The highest BCUT2D eigenvalue weighted by atomic mass is 16.5. The Kier molecular flexibility index (Phi) is 3.13. The van der Waals surface area contributed by atoms with Crippen LogP contribution in [0, 0.1) is 0 Å². The first-order chi connectivity index (χ1) is 8.11. The molecule has 2 rings (SSSR count). The number of fused-ring (bicyclic) bond motifs is 1. The fourth-order valence-electron chi connectivity index (χ4n) is 2.13. The average Bonchev–Trinajstić information content (AvgIpc) is 2.32. The molecule has 1 aromatic rings. The van der Waals surface area contributed by atoms with Crippen LogP contribution in [0.15, 0.2) is 18.2 Å². The van der Waals surface area contributed by atoms with Crippen LogP contribution >= 0.6 is 0 Å². The third kappa shape index (κ3) is 2.30. The van der Waals surface area contributed by atoms with Crippen molar-refractivity contribution in [1.29, 1.82) is 0 Å². The molecule has 1 aliphatic rings. The van der Waals surface area contributed by atoms with Gasteiger partial charge in [0.1, 0.15) is 5.75 Å². The minimum atomic E-state index is -0.396. The molecule has 4 heteroatoms. The minimum absolute atomic E-state index is 0.0275. The highest BCUT2D eigenvalue weighted by Gasteiger charge is 2.28. The molecule has 0 unspecified atom stereocenters. The molecule has 0 radical (unpaired) electrons. The van der Waals surface area contributed by atoms with Crippen LogP contribution in [0.4, 0.5) is 0 Å². The topological polar surface area (TPSA) is 55.4 Å². The quantitative estimate of drug-likeness (QED) is 0.838. The first-order valence-electron chi connectivity index (χ1n) is 5.60. The van der Waals surface area contributed by atoms with Gasteiger partial charge in [0.15, 0.2) is 5.78 Å². The number of nitrogens with one attached hydrogen (secondary N) is 1. The Morgan fingerprint density at radius 3 is 2.88 bits per heavy atom. The third-order valence-electron chi connectivity index (χ3n) is 2.98. The summed E-state index contributed by atoms with van der Waals surface area (Å²) in [5, 5.41) is 2.68. The highest BCUT2D eigenvalue weighted by Crippen LogP contribution is 2.25. The zero-order chi connectivity index (χ0) is 12.4. The number of ketones is 1. The van der Waals surface area contributed by atoms with E-state index in [1.165, 1.54) is 6.92 Å². The number of carbonyl (C=O) groups excluding carboxylic acids is 2. The molecule has 0 saturated carbocycles. The number of hydrogen-bond acceptors (Lipinski definition) is 3. The van der Waals surface area contributed by atoms with E-state index in [0.29, 0.717) is 17.7 Å². The predicted molar refractivity (Wildman–Crippen MR) is 63.3 cm³/mol. The van der Waals surface area contributed by atoms with Crippen LogP contribution in [-0.2, 0) is 11.2 Å². The van der Waals surface area contributed by atoms with E-state index in [1.54, 1.807) is 13.2 Å². The van der Waals surface area contributed by atoms with Crippen LogP contribution in [-0.4, -0.2) is 24.8 Å². The molecule has 0 bridgehead atoms. The molecule has 90 valence electrons. The zero-order valence-corrected chi connectivity index (χ0v) is 9.95. The van der Waals surface area contributed by atoms with Crippen molar-refractivity contribution in [2.45, 2.75) is 25.8 Å². The lowest BCUT2D eigenvalue weighted by Crippen LogP contribution is -2.42. The van der Waals surface area contributed by atoms with Crippen molar-refractivity contribution >= 4 is 11.7 Å². The fourth-order valence-corrected chi connectivity index (χ4v) is 2.13. The number of ether oxygens (including phenoxy) is 1. The SMILES string of the molecule is COc1ccc2c(c1)C(=O)[C@H](NC(C)=O)CC2. The second-order valence-corrected chi connectivity index (χ2v) is 4.18. The molecule has 0 heterocycles. The van der Waals surface area contributed by atoms with E-state index in [2.05, 4.69) is 5.32 Å². The molecule has 1 atom stereocenters. The van der Waals surface area contributed by atoms with Crippen LogP contribution in [0.3, 0.4) is 0 Å². The number of Topliss-reactive ketones (excluding diaryl/α,β-unsaturated/α-hetero) is 1. The van der Waals surface area contributed by atoms with E-state index >= 15 is 0 Å². The molecular weight excluding hydrogens is 218 g/mol. The van der Waals surface area contributed by atoms with Gasteiger partial charge in [0, 0.05) is 12.5 Å². The smallest absolute Gasteiger partial charge is 0.217 e. The molecule has 0 saturated heterocycles. The van der Waals surface area contributed by atoms with Crippen molar-refractivity contribution < 1.29 is 14.3 Å². The van der Waals surface area contributed by atoms with Crippen LogP contribution in [0.2, 0.25) is 0 Å². The number of amides is 1. The molecule has 1 aromatic carbocycles. The number of rotatable bonds is 2. The van der Waals surface area contributed by atoms with Crippen LogP contribution in [0.25, 0.3) is 0 Å². The maximum atomic E-state index is 12.2. The normalized spacial score (nSPS) is 18.5. The molecule has 0 aromatic heterocycles. The zero-order valence-electron chi connectivity index (χ0n) is 9.95. The van der Waals surface area contributed by atoms with Gasteiger partial charge in [-0.1, -0.05) is 6.07 Å². The molecular formula is C13H15NO3. The van der Waals surface area contributed by atoms with E-state index < -0.39 is 6.04 Å². The Hall–Kier alpha value is -1.84. The lowest BCUT2D eigenvalue weighted by molar-refractivity contribution is -0.119. The van der Waals surface area contributed by atoms with E-state index in [0.717, 1.165) is 12.0 Å². The summed E-state index contributed by atoms with van der Waals surface area (Å²) in [4.78, 5) is 23.2. The van der Waals surface area contributed by atoms with Crippen molar-refractivity contribution in [2.24, 2.45) is 0 Å². The molecule has 17 heavy (non-hydrogen) atoms. The lowest BCUT2D eigenvalue weighted by Gasteiger charge is -2.24. The second kappa shape index (κ2) is 4.57. The summed E-state index contributed by atoms with van der Waals surface area (Å²) in [6.45, 7) is 1.42. The molecule has 1 N–H and O–H groups in total. The molecule has 0 fully saturated rings. The van der Waals surface area contributed by atoms with Crippen molar-refractivity contribution in [2.75, 3.05) is 7.11 Å². The van der Waals surface area contributed by atoms with E-state index in [1.807, 2.05) is 12.1 Å². The summed E-state index contributed by atoms with van der Waals surface area (Å²) in [5.41, 5.74) is 1.69. The van der Waals surface area contributed by atoms with Crippen LogP contribution in [0.5, 0.6) is 5.75 Å². The second-order valence-electron chi connectivity index (χ2n) is 4.18. The molecule has 1 amide bonds. The van der Waals surface area contributed by atoms with E-state index in [4.69, 9.17) is 4.74 Å². The maximum absolute atomic E-state index is 12.2. The van der Waals surface area contributed by atoms with Gasteiger partial charge in [0.25, 0.3) is 0 Å². The van der Waals surface area contributed by atoms with Crippen molar-refractivity contribution in [1.82, 2.24) is 5.32 Å². The summed E-state index contributed by atoms with van der Waals surface area (Å²) in [6.07, 6.45) is 1.47. The fraction of sp³-hybridized carbons (Fsp3) is 0.385. The standard InChI is InChI=1S/C13H15NO3/c1-8(15)14-12-6-4-9-3-5-10(17-2)7-11(9)13(12)16/h3,5,7,12H,4,6H2,1-2H3,(H,14,15)/t12-/m1/s1. The Bertz CT molecular complexity index is 468. The van der Waals surface area contributed by atoms with Gasteiger partial charge in [-0.05, 0) is 30.5 Å². The van der Waals surface area contributed by atoms with E-state index in [9.17, 15) is 9.59 Å². The van der Waals surface area contributed by atoms with Crippen molar-refractivity contribution in [3.05, 3.63) is 29.3 Å². The predicted octanol–water partition coefficient (Wildman–Crippen LogP) is 1.33. The summed E-state index contributed by atoms with van der Waals surface area (Å²) in [5.74, 6) is 0.468. The average molecular weight is 233 g/mol. The number of hydrogen-bond donors (Lipinski definition) is 1. The molecule has 1 aliphatic carbocycles. The van der Waals surface area contributed by atoms with Gasteiger partial charge in [-0.2, -0.15) is 0 Å². The number of benzene rings is 1. The van der Waals surface area contributed by atoms with Gasteiger partial charge >= 0.3 is 0 Å². The molecule has 4 nitrogen and oxygen atoms in total. The molecule has 0 spiro atoms. The first-order valence-corrected chi connectivity index (χ1v) is 5.60. The van der Waals surface area contributed by atoms with E-state index in [-0.39, 0.29) is 11.7 Å². The van der Waals surface area contributed by atoms with Gasteiger partial charge in [-0.15, -0.1) is 0 Å². The lowest BCUT2D eigenvalue weighted by atomic mass is 9.87. The number of carbonyl (C=O) groups is 2. The van der Waals surface area contributed by atoms with Gasteiger partial charge < -0.3 is 10.1 Å². The number of methoxy groups -OCH3 is 1. The van der Waals surface area contributed by atoms with Crippen molar-refractivity contribution in [3.8, 4) is 5.75 Å². The Morgan fingerprint density at radius 1 is 1.47 bits per heavy atom. The third-order valence-corrected chi connectivity index (χ3v) is 2.98. The first kappa shape index (κ1) is 11.6. The van der Waals surface area contributed by atoms with Gasteiger partial charge in [-0.3, -0.25) is 9.59 Å². The largest absolute Gasteiger partial charge is 0.497 e. The Balaban J connectivity index is 2.30. The maximum Gasteiger partial charge on any atom is 0.217 e. The highest BCUT2D eigenvalue weighted by molar-refractivity contribution is 6.04. The minimum Gasteiger partial charge on any atom is -0.497 e. The Labute approximate surface area is 100.0 Å². The van der Waals surface area contributed by atoms with Crippen molar-refractivity contribution in [3.63, 3.8) is 0 Å². The monoisotopic (exact) mass is 233 g/mol. The van der Waals surface area contributed by atoms with Gasteiger partial charge in [0.2, 0.25) is 5.91 Å². The summed E-state index contributed by atoms with van der Waals surface area (Å²) in [7, 11) is 1.57. The van der Waals surface area contributed by atoms with Gasteiger partial charge in [-0.25, -0.2) is 0 Å². The summed E-state index contributed by atoms with van der Waals surface area (Å²) < 4.78 is 5.11. The number of aryl methyl sites for hydroxylation is 1. The summed E-state index contributed by atoms with van der Waals surface area (Å²) in [6, 6.07) is 5.11.